The fraction of sp³-hybridized carbons (Fsp3) is 0. The molecule has 0 aromatic carbocycles. The van der Waals surface area contributed by atoms with Gasteiger partial charge in [0.05, 0.1) is 10.2 Å². The molecular weight excluding hydrogens is 314 g/mol. The molecule has 0 aromatic heterocycles. The summed E-state index contributed by atoms with van der Waals surface area (Å²) in [6.45, 7) is 0. The third-order valence-electron chi connectivity index (χ3n) is 0. The molecule has 0 aliphatic rings. The third kappa shape index (κ3) is 192. The smallest absolute Gasteiger partial charge is 0.356 e. The predicted molar refractivity (Wildman–Crippen MR) is 20.7 cm³/mol. The zero-order valence-electron chi connectivity index (χ0n) is 3.70. The van der Waals surface area contributed by atoms with Gasteiger partial charge in [-0.2, -0.15) is 0 Å². The largest absolute Gasteiger partial charge is 4.00 e. The third-order valence-corrected chi connectivity index (χ3v) is 0. The van der Waals surface area contributed by atoms with E-state index in [-0.39, 0.29) is 19.8 Å². The molecule has 0 atom stereocenters. The maximum Gasteiger partial charge on any atom is 4.00 e. The summed E-state index contributed by atoms with van der Waals surface area (Å²) in [4.78, 5) is 16.5. The van der Waals surface area contributed by atoms with Gasteiger partial charge in [0.15, 0.2) is 0 Å². The number of hydrogen-bond donors (Lipinski definition) is 0. The second kappa shape index (κ2) is 10.1. The van der Waals surface area contributed by atoms with E-state index in [9.17, 15) is 0 Å². The van der Waals surface area contributed by atoms with Crippen molar-refractivity contribution in [2.24, 2.45) is 0 Å². The maximum absolute atomic E-state index is 8.25. The molecule has 0 spiro atoms. The zero-order valence-corrected chi connectivity index (χ0v) is 6.24. The second-order valence-corrected chi connectivity index (χ2v) is 0.447. The van der Waals surface area contributed by atoms with Gasteiger partial charge in [-0.25, -0.2) is 0 Å². The van der Waals surface area contributed by atoms with Crippen molar-refractivity contribution >= 4 is 0 Å². The topological polar surface area (TPSA) is 132 Å². The molecule has 0 N–H and O–H groups in total. The van der Waals surface area contributed by atoms with Crippen LogP contribution >= 0.6 is 0 Å². The van der Waals surface area contributed by atoms with E-state index in [1.54, 1.807) is 0 Å². The average molecular weight is 314 g/mol. The van der Waals surface area contributed by atoms with Crippen molar-refractivity contribution < 1.29 is 30.0 Å². The molecule has 0 bridgehead atoms. The first-order valence-corrected chi connectivity index (χ1v) is 1.10. The van der Waals surface area contributed by atoms with Crippen LogP contribution in [0, 0.1) is 30.6 Å². The van der Waals surface area contributed by atoms with Crippen molar-refractivity contribution in [2.75, 3.05) is 0 Å². The monoisotopic (exact) mass is 316 g/mol. The summed E-state index contributed by atoms with van der Waals surface area (Å²) in [5, 5.41) is 29.5. The summed E-state index contributed by atoms with van der Waals surface area (Å²) in [5.41, 5.74) is 0. The molecule has 0 amide bonds. The van der Waals surface area contributed by atoms with Crippen LogP contribution in [-0.2, 0) is 19.8 Å². The number of rotatable bonds is 0. The average Bonchev–Trinajstić information content (AvgIpc) is 1.25. The molecule has 0 saturated carbocycles. The van der Waals surface area contributed by atoms with Crippen molar-refractivity contribution in [2.45, 2.75) is 0 Å². The van der Waals surface area contributed by atoms with Gasteiger partial charge in [-0.3, -0.25) is 0 Å². The summed E-state index contributed by atoms with van der Waals surface area (Å²) >= 11 is 0. The predicted octanol–water partition coefficient (Wildman–Crippen LogP) is -0.481. The molecule has 52 valence electrons. The Kier molecular flexibility index (Phi) is 17.6. The van der Waals surface area contributed by atoms with Gasteiger partial charge in [0.1, 0.15) is 0 Å². The number of hydrogen-bond acceptors (Lipinski definition) is 6. The van der Waals surface area contributed by atoms with Gasteiger partial charge >= 0.3 is 19.8 Å². The fourth-order valence-corrected chi connectivity index (χ4v) is 0. The minimum Gasteiger partial charge on any atom is -0.356 e. The van der Waals surface area contributed by atoms with E-state index in [1.165, 1.54) is 0 Å². The van der Waals surface area contributed by atoms with E-state index in [4.69, 9.17) is 30.6 Å². The van der Waals surface area contributed by atoms with Gasteiger partial charge in [-0.1, -0.05) is 0 Å². The SMILES string of the molecule is O=[N+]([O-])[O-].O=[N+]([O-])[O-].[Os+4]. The van der Waals surface area contributed by atoms with E-state index in [2.05, 4.69) is 0 Å². The van der Waals surface area contributed by atoms with E-state index in [0.717, 1.165) is 0 Å². The maximum atomic E-state index is 8.25. The van der Waals surface area contributed by atoms with Crippen LogP contribution in [0.25, 0.3) is 0 Å². The molecule has 0 aliphatic heterocycles. The Morgan fingerprint density at radius 1 is 0.778 bits per heavy atom. The summed E-state index contributed by atoms with van der Waals surface area (Å²) in [6, 6.07) is 0. The minimum absolute atomic E-state index is 0. The Labute approximate surface area is 61.4 Å². The molecule has 0 aliphatic carbocycles. The van der Waals surface area contributed by atoms with Gasteiger partial charge in [-0.15, -0.1) is 0 Å². The molecule has 8 nitrogen and oxygen atoms in total. The first-order chi connectivity index (χ1) is 3.46. The minimum atomic E-state index is -1.75. The molecule has 0 rings (SSSR count). The van der Waals surface area contributed by atoms with Gasteiger partial charge in [-0.05, 0) is 0 Å². The molecule has 0 saturated heterocycles. The van der Waals surface area contributed by atoms with Crippen LogP contribution in [-0.4, -0.2) is 10.2 Å². The molecule has 0 unspecified atom stereocenters. The molecule has 0 heterocycles. The normalized spacial score (nSPS) is 5.33. The molecule has 9 heteroatoms. The van der Waals surface area contributed by atoms with Crippen LogP contribution < -0.4 is 0 Å². The van der Waals surface area contributed by atoms with Crippen molar-refractivity contribution in [1.29, 1.82) is 0 Å². The van der Waals surface area contributed by atoms with Crippen LogP contribution in [0.3, 0.4) is 0 Å². The molecule has 0 fully saturated rings. The van der Waals surface area contributed by atoms with Crippen LogP contribution in [0.2, 0.25) is 0 Å². The Morgan fingerprint density at radius 2 is 0.778 bits per heavy atom. The van der Waals surface area contributed by atoms with Gasteiger partial charge in [0, 0.05) is 0 Å². The van der Waals surface area contributed by atoms with E-state index in [1.807, 2.05) is 0 Å². The molecular formula is N2O6Os+2. The number of nitrogens with zero attached hydrogens (tertiary/aromatic N) is 2. The first-order valence-electron chi connectivity index (χ1n) is 1.10. The summed E-state index contributed by atoms with van der Waals surface area (Å²) in [6.07, 6.45) is 0. The van der Waals surface area contributed by atoms with Crippen LogP contribution in [0.15, 0.2) is 0 Å². The Hall–Kier alpha value is -0.964. The Balaban J connectivity index is -0.0000000720. The van der Waals surface area contributed by atoms with Crippen molar-refractivity contribution in [1.82, 2.24) is 0 Å². The van der Waals surface area contributed by atoms with Gasteiger partial charge in [0.2, 0.25) is 0 Å². The summed E-state index contributed by atoms with van der Waals surface area (Å²) in [5.74, 6) is 0. The van der Waals surface area contributed by atoms with Crippen LogP contribution in [0.1, 0.15) is 0 Å². The summed E-state index contributed by atoms with van der Waals surface area (Å²) < 4.78 is 0. The van der Waals surface area contributed by atoms with Gasteiger partial charge in [0.25, 0.3) is 0 Å². The summed E-state index contributed by atoms with van der Waals surface area (Å²) in [7, 11) is 0. The van der Waals surface area contributed by atoms with Crippen LogP contribution in [0.5, 0.6) is 0 Å². The fourth-order valence-electron chi connectivity index (χ4n) is 0. The quantitative estimate of drug-likeness (QED) is 0.438. The van der Waals surface area contributed by atoms with E-state index < -0.39 is 10.2 Å². The van der Waals surface area contributed by atoms with Crippen molar-refractivity contribution in [3.05, 3.63) is 30.6 Å². The standard InChI is InChI=1S/2NO3.Os/c2*2-1(3)4;/q2*-1;+4. The van der Waals surface area contributed by atoms with Crippen LogP contribution in [0.4, 0.5) is 0 Å². The molecule has 9 heavy (non-hydrogen) atoms. The van der Waals surface area contributed by atoms with E-state index in [0.29, 0.717) is 0 Å². The second-order valence-electron chi connectivity index (χ2n) is 0.447. The van der Waals surface area contributed by atoms with E-state index >= 15 is 0 Å². The zero-order chi connectivity index (χ0) is 7.15. The van der Waals surface area contributed by atoms with Crippen molar-refractivity contribution in [3.63, 3.8) is 0 Å². The van der Waals surface area contributed by atoms with Crippen molar-refractivity contribution in [3.8, 4) is 0 Å². The molecule has 0 radical (unpaired) electrons. The van der Waals surface area contributed by atoms with Gasteiger partial charge < -0.3 is 30.6 Å². The Morgan fingerprint density at radius 3 is 0.778 bits per heavy atom. The Bertz CT molecular complexity index is 69.1. The molecule has 0 aromatic rings. The first kappa shape index (κ1) is 15.7.